The lowest BCUT2D eigenvalue weighted by molar-refractivity contribution is -0.182. The molecule has 4 heteroatoms. The fraction of sp³-hybridized carbons (Fsp3) is 0.571. The molecular formula is C21H30N2O2. The van der Waals surface area contributed by atoms with Crippen molar-refractivity contribution in [1.82, 2.24) is 9.55 Å². The molecule has 2 aromatic rings. The van der Waals surface area contributed by atoms with Gasteiger partial charge in [-0.2, -0.15) is 0 Å². The standard InChI is InChI=1S/C21H30N2O2/c1-5-6-19-13-24-21(25-19,14-23-10-9-22-15-23)8-7-20-17(3)11-16(2)12-18(20)4/h9-12,15,19H,5-8,13-14H2,1-4H3. The zero-order valence-electron chi connectivity index (χ0n) is 15.9. The van der Waals surface area contributed by atoms with Gasteiger partial charge in [0.05, 0.1) is 25.6 Å². The first kappa shape index (κ1) is 18.2. The van der Waals surface area contributed by atoms with E-state index in [9.17, 15) is 0 Å². The number of ether oxygens (including phenoxy) is 2. The van der Waals surface area contributed by atoms with E-state index in [4.69, 9.17) is 9.47 Å². The maximum Gasteiger partial charge on any atom is 0.187 e. The van der Waals surface area contributed by atoms with Crippen molar-refractivity contribution in [3.8, 4) is 0 Å². The SMILES string of the molecule is CCCC1COC(CCc2c(C)cc(C)cc2C)(Cn2ccnc2)O1. The van der Waals surface area contributed by atoms with Gasteiger partial charge in [-0.15, -0.1) is 0 Å². The molecule has 2 atom stereocenters. The fourth-order valence-electron chi connectivity index (χ4n) is 3.95. The van der Waals surface area contributed by atoms with Crippen molar-refractivity contribution in [2.45, 2.75) is 71.8 Å². The number of aromatic nitrogens is 2. The van der Waals surface area contributed by atoms with Gasteiger partial charge in [0, 0.05) is 18.8 Å². The number of hydrogen-bond acceptors (Lipinski definition) is 3. The Hall–Kier alpha value is -1.65. The van der Waals surface area contributed by atoms with Gasteiger partial charge >= 0.3 is 0 Å². The van der Waals surface area contributed by atoms with Crippen LogP contribution in [0.4, 0.5) is 0 Å². The third-order valence-corrected chi connectivity index (χ3v) is 5.10. The summed E-state index contributed by atoms with van der Waals surface area (Å²) in [6, 6.07) is 4.53. The van der Waals surface area contributed by atoms with Crippen LogP contribution < -0.4 is 0 Å². The summed E-state index contributed by atoms with van der Waals surface area (Å²) < 4.78 is 14.7. The van der Waals surface area contributed by atoms with E-state index in [2.05, 4.69) is 49.4 Å². The van der Waals surface area contributed by atoms with E-state index in [1.165, 1.54) is 22.3 Å². The number of rotatable bonds is 7. The first-order valence-electron chi connectivity index (χ1n) is 9.35. The molecule has 0 bridgehead atoms. The van der Waals surface area contributed by atoms with Crippen LogP contribution in [0.1, 0.15) is 48.4 Å². The van der Waals surface area contributed by atoms with Gasteiger partial charge in [-0.1, -0.05) is 31.0 Å². The minimum Gasteiger partial charge on any atom is -0.345 e. The summed E-state index contributed by atoms with van der Waals surface area (Å²) >= 11 is 0. The lowest BCUT2D eigenvalue weighted by Crippen LogP contribution is -2.36. The molecule has 0 aliphatic carbocycles. The summed E-state index contributed by atoms with van der Waals surface area (Å²) in [7, 11) is 0. The number of benzene rings is 1. The molecule has 2 unspecified atom stereocenters. The molecular weight excluding hydrogens is 312 g/mol. The van der Waals surface area contributed by atoms with E-state index >= 15 is 0 Å². The first-order valence-corrected chi connectivity index (χ1v) is 9.35. The van der Waals surface area contributed by atoms with Crippen molar-refractivity contribution in [2.75, 3.05) is 6.61 Å². The molecule has 0 saturated carbocycles. The molecule has 3 rings (SSSR count). The predicted octanol–water partition coefficient (Wildman–Crippen LogP) is 4.35. The van der Waals surface area contributed by atoms with Crippen LogP contribution in [0.2, 0.25) is 0 Å². The van der Waals surface area contributed by atoms with Gasteiger partial charge in [-0.25, -0.2) is 4.98 Å². The maximum absolute atomic E-state index is 6.42. The van der Waals surface area contributed by atoms with Crippen molar-refractivity contribution in [1.29, 1.82) is 0 Å². The highest BCUT2D eigenvalue weighted by Gasteiger charge is 2.41. The molecule has 4 nitrogen and oxygen atoms in total. The molecule has 2 heterocycles. The van der Waals surface area contributed by atoms with Crippen molar-refractivity contribution in [2.24, 2.45) is 0 Å². The second-order valence-corrected chi connectivity index (χ2v) is 7.36. The van der Waals surface area contributed by atoms with Gasteiger partial charge in [-0.3, -0.25) is 0 Å². The van der Waals surface area contributed by atoms with Crippen molar-refractivity contribution in [3.63, 3.8) is 0 Å². The Morgan fingerprint density at radius 1 is 1.24 bits per heavy atom. The second kappa shape index (κ2) is 7.71. The number of hydrogen-bond donors (Lipinski definition) is 0. The van der Waals surface area contributed by atoms with E-state index in [0.29, 0.717) is 13.2 Å². The Labute approximate surface area is 151 Å². The van der Waals surface area contributed by atoms with Crippen LogP contribution in [0.25, 0.3) is 0 Å². The summed E-state index contributed by atoms with van der Waals surface area (Å²) in [5.74, 6) is -0.551. The minimum absolute atomic E-state index is 0.203. The van der Waals surface area contributed by atoms with Crippen LogP contribution in [0.15, 0.2) is 30.9 Å². The van der Waals surface area contributed by atoms with Gasteiger partial charge < -0.3 is 14.0 Å². The average Bonchev–Trinajstić information content (AvgIpc) is 3.18. The van der Waals surface area contributed by atoms with Gasteiger partial charge in [0.15, 0.2) is 5.79 Å². The molecule has 0 amide bonds. The summed E-state index contributed by atoms with van der Waals surface area (Å²) in [5.41, 5.74) is 5.46. The second-order valence-electron chi connectivity index (χ2n) is 7.36. The molecule has 1 aromatic heterocycles. The molecule has 1 fully saturated rings. The van der Waals surface area contributed by atoms with E-state index in [1.807, 2.05) is 12.5 Å². The quantitative estimate of drug-likeness (QED) is 0.750. The van der Waals surface area contributed by atoms with E-state index < -0.39 is 5.79 Å². The Kier molecular flexibility index (Phi) is 5.60. The van der Waals surface area contributed by atoms with Crippen LogP contribution in [0.5, 0.6) is 0 Å². The molecule has 25 heavy (non-hydrogen) atoms. The summed E-state index contributed by atoms with van der Waals surface area (Å²) in [6.07, 6.45) is 9.81. The highest BCUT2D eigenvalue weighted by molar-refractivity contribution is 5.37. The topological polar surface area (TPSA) is 36.3 Å². The summed E-state index contributed by atoms with van der Waals surface area (Å²) in [5, 5.41) is 0. The minimum atomic E-state index is -0.551. The third-order valence-electron chi connectivity index (χ3n) is 5.10. The normalized spacial score (nSPS) is 23.3. The average molecular weight is 342 g/mol. The molecule has 1 aromatic carbocycles. The highest BCUT2D eigenvalue weighted by Crippen LogP contribution is 2.33. The number of imidazole rings is 1. The van der Waals surface area contributed by atoms with Crippen LogP contribution in [-0.4, -0.2) is 28.0 Å². The van der Waals surface area contributed by atoms with Gasteiger partial charge in [0.2, 0.25) is 0 Å². The van der Waals surface area contributed by atoms with Crippen LogP contribution in [0, 0.1) is 20.8 Å². The molecule has 0 N–H and O–H groups in total. The molecule has 0 radical (unpaired) electrons. The molecule has 136 valence electrons. The lowest BCUT2D eigenvalue weighted by Gasteiger charge is -2.29. The Morgan fingerprint density at radius 3 is 2.64 bits per heavy atom. The van der Waals surface area contributed by atoms with Crippen molar-refractivity contribution in [3.05, 3.63) is 53.1 Å². The summed E-state index contributed by atoms with van der Waals surface area (Å²) in [4.78, 5) is 4.16. The van der Waals surface area contributed by atoms with Crippen LogP contribution >= 0.6 is 0 Å². The summed E-state index contributed by atoms with van der Waals surface area (Å²) in [6.45, 7) is 10.1. The largest absolute Gasteiger partial charge is 0.345 e. The number of aryl methyl sites for hydroxylation is 3. The van der Waals surface area contributed by atoms with Crippen LogP contribution in [-0.2, 0) is 22.4 Å². The van der Waals surface area contributed by atoms with Gasteiger partial charge in [-0.05, 0) is 50.3 Å². The maximum atomic E-state index is 6.42. The third kappa shape index (κ3) is 4.31. The van der Waals surface area contributed by atoms with Crippen molar-refractivity contribution < 1.29 is 9.47 Å². The lowest BCUT2D eigenvalue weighted by atomic mass is 9.94. The van der Waals surface area contributed by atoms with E-state index in [1.54, 1.807) is 6.20 Å². The fourth-order valence-corrected chi connectivity index (χ4v) is 3.95. The molecule has 1 aliphatic rings. The van der Waals surface area contributed by atoms with Gasteiger partial charge in [0.25, 0.3) is 0 Å². The first-order chi connectivity index (χ1) is 12.0. The smallest absolute Gasteiger partial charge is 0.187 e. The van der Waals surface area contributed by atoms with Gasteiger partial charge in [0.1, 0.15) is 0 Å². The Morgan fingerprint density at radius 2 is 2.00 bits per heavy atom. The predicted molar refractivity (Wildman–Crippen MR) is 99.7 cm³/mol. The van der Waals surface area contributed by atoms with E-state index in [-0.39, 0.29) is 6.10 Å². The van der Waals surface area contributed by atoms with E-state index in [0.717, 1.165) is 25.7 Å². The van der Waals surface area contributed by atoms with Crippen LogP contribution in [0.3, 0.4) is 0 Å². The molecule has 1 saturated heterocycles. The zero-order chi connectivity index (χ0) is 17.9. The zero-order valence-corrected chi connectivity index (χ0v) is 15.9. The van der Waals surface area contributed by atoms with Crippen molar-refractivity contribution >= 4 is 0 Å². The highest BCUT2D eigenvalue weighted by atomic mass is 16.7. The molecule has 1 aliphatic heterocycles. The Balaban J connectivity index is 1.77. The Bertz CT molecular complexity index is 673. The molecule has 0 spiro atoms. The number of nitrogens with zero attached hydrogens (tertiary/aromatic N) is 2. The monoisotopic (exact) mass is 342 g/mol.